The monoisotopic (exact) mass is 230 g/mol. The molecule has 0 saturated carbocycles. The van der Waals surface area contributed by atoms with Crippen molar-refractivity contribution in [1.29, 1.82) is 0 Å². The fourth-order valence-corrected chi connectivity index (χ4v) is 1.05. The van der Waals surface area contributed by atoms with Gasteiger partial charge in [-0.25, -0.2) is 4.79 Å². The van der Waals surface area contributed by atoms with Crippen LogP contribution < -0.4 is 4.74 Å². The third-order valence-corrected chi connectivity index (χ3v) is 1.75. The number of hydrogen-bond acceptors (Lipinski definition) is 3. The topological polar surface area (TPSA) is 35.5 Å². The van der Waals surface area contributed by atoms with E-state index in [1.807, 2.05) is 6.92 Å². The fourth-order valence-electron chi connectivity index (χ4n) is 1.05. The van der Waals surface area contributed by atoms with Crippen LogP contribution >= 0.6 is 0 Å². The van der Waals surface area contributed by atoms with Gasteiger partial charge in [0.05, 0.1) is 12.2 Å². The summed E-state index contributed by atoms with van der Waals surface area (Å²) in [5, 5.41) is 0. The van der Waals surface area contributed by atoms with Crippen LogP contribution in [-0.2, 0) is 4.74 Å². The van der Waals surface area contributed by atoms with Gasteiger partial charge in [0.2, 0.25) is 0 Å². The van der Waals surface area contributed by atoms with E-state index in [1.54, 1.807) is 0 Å². The van der Waals surface area contributed by atoms with E-state index in [4.69, 9.17) is 4.74 Å². The first-order valence-electron chi connectivity index (χ1n) is 4.85. The first kappa shape index (κ1) is 12.4. The van der Waals surface area contributed by atoms with E-state index in [0.717, 1.165) is 6.42 Å². The average molecular weight is 230 g/mol. The SMILES string of the molecule is CCCOC(=O)c1ccc(OC(F)F)cc1. The molecule has 0 N–H and O–H groups in total. The highest BCUT2D eigenvalue weighted by molar-refractivity contribution is 5.89. The summed E-state index contributed by atoms with van der Waals surface area (Å²) >= 11 is 0. The Morgan fingerprint density at radius 1 is 1.31 bits per heavy atom. The molecule has 16 heavy (non-hydrogen) atoms. The van der Waals surface area contributed by atoms with Crippen LogP contribution in [0.5, 0.6) is 5.75 Å². The molecule has 0 radical (unpaired) electrons. The molecular formula is C11H12F2O3. The molecule has 88 valence electrons. The predicted molar refractivity (Wildman–Crippen MR) is 53.6 cm³/mol. The quantitative estimate of drug-likeness (QED) is 0.729. The van der Waals surface area contributed by atoms with Gasteiger partial charge < -0.3 is 9.47 Å². The summed E-state index contributed by atoms with van der Waals surface area (Å²) in [6.07, 6.45) is 0.734. The summed E-state index contributed by atoms with van der Waals surface area (Å²) in [6, 6.07) is 5.37. The Labute approximate surface area is 92.0 Å². The third kappa shape index (κ3) is 3.84. The smallest absolute Gasteiger partial charge is 0.387 e. The van der Waals surface area contributed by atoms with Crippen LogP contribution in [0.4, 0.5) is 8.78 Å². The summed E-state index contributed by atoms with van der Waals surface area (Å²) in [7, 11) is 0. The lowest BCUT2D eigenvalue weighted by Crippen LogP contribution is -2.06. The molecule has 0 aliphatic heterocycles. The Balaban J connectivity index is 2.60. The summed E-state index contributed by atoms with van der Waals surface area (Å²) in [4.78, 5) is 11.3. The van der Waals surface area contributed by atoms with Crippen LogP contribution in [0.25, 0.3) is 0 Å². The van der Waals surface area contributed by atoms with Crippen molar-refractivity contribution in [1.82, 2.24) is 0 Å². The number of carbonyl (C=O) groups excluding carboxylic acids is 1. The second-order valence-electron chi connectivity index (χ2n) is 3.04. The normalized spacial score (nSPS) is 10.2. The Kier molecular flexibility index (Phi) is 4.69. The Morgan fingerprint density at radius 3 is 2.44 bits per heavy atom. The van der Waals surface area contributed by atoms with Gasteiger partial charge in [0.15, 0.2) is 0 Å². The van der Waals surface area contributed by atoms with Crippen molar-refractivity contribution in [2.45, 2.75) is 20.0 Å². The third-order valence-electron chi connectivity index (χ3n) is 1.75. The number of hydrogen-bond donors (Lipinski definition) is 0. The van der Waals surface area contributed by atoms with E-state index in [-0.39, 0.29) is 5.75 Å². The summed E-state index contributed by atoms with van der Waals surface area (Å²) in [6.45, 7) is -0.640. The van der Waals surface area contributed by atoms with E-state index in [0.29, 0.717) is 12.2 Å². The van der Waals surface area contributed by atoms with Gasteiger partial charge in [0.25, 0.3) is 0 Å². The van der Waals surface area contributed by atoms with Crippen molar-refractivity contribution in [3.8, 4) is 5.75 Å². The molecule has 0 amide bonds. The summed E-state index contributed by atoms with van der Waals surface area (Å²) < 4.78 is 32.7. The van der Waals surface area contributed by atoms with Gasteiger partial charge in [0, 0.05) is 0 Å². The fraction of sp³-hybridized carbons (Fsp3) is 0.364. The number of alkyl halides is 2. The zero-order chi connectivity index (χ0) is 12.0. The molecule has 3 nitrogen and oxygen atoms in total. The molecule has 0 heterocycles. The number of benzene rings is 1. The second-order valence-corrected chi connectivity index (χ2v) is 3.04. The highest BCUT2D eigenvalue weighted by Gasteiger charge is 2.08. The molecule has 0 saturated heterocycles. The van der Waals surface area contributed by atoms with Crippen LogP contribution in [0.15, 0.2) is 24.3 Å². The van der Waals surface area contributed by atoms with Crippen molar-refractivity contribution in [2.75, 3.05) is 6.61 Å². The number of carbonyl (C=O) groups is 1. The lowest BCUT2D eigenvalue weighted by molar-refractivity contribution is -0.0498. The zero-order valence-corrected chi connectivity index (χ0v) is 8.78. The zero-order valence-electron chi connectivity index (χ0n) is 8.78. The molecule has 0 aliphatic rings. The van der Waals surface area contributed by atoms with Crippen molar-refractivity contribution in [3.63, 3.8) is 0 Å². The maximum atomic E-state index is 11.8. The first-order valence-corrected chi connectivity index (χ1v) is 4.85. The van der Waals surface area contributed by atoms with E-state index < -0.39 is 12.6 Å². The van der Waals surface area contributed by atoms with Crippen molar-refractivity contribution < 1.29 is 23.0 Å². The number of halogens is 2. The number of ether oxygens (including phenoxy) is 2. The Morgan fingerprint density at radius 2 is 1.94 bits per heavy atom. The maximum Gasteiger partial charge on any atom is 0.387 e. The van der Waals surface area contributed by atoms with Gasteiger partial charge in [-0.2, -0.15) is 8.78 Å². The lowest BCUT2D eigenvalue weighted by atomic mass is 10.2. The molecule has 0 aliphatic carbocycles. The Hall–Kier alpha value is -1.65. The van der Waals surface area contributed by atoms with Gasteiger partial charge >= 0.3 is 12.6 Å². The second kappa shape index (κ2) is 6.05. The van der Waals surface area contributed by atoms with Crippen LogP contribution in [0.3, 0.4) is 0 Å². The largest absolute Gasteiger partial charge is 0.462 e. The molecule has 0 fully saturated rings. The van der Waals surface area contributed by atoms with Gasteiger partial charge in [-0.15, -0.1) is 0 Å². The molecular weight excluding hydrogens is 218 g/mol. The Bertz CT molecular complexity index is 336. The molecule has 0 bridgehead atoms. The highest BCUT2D eigenvalue weighted by atomic mass is 19.3. The van der Waals surface area contributed by atoms with E-state index in [1.165, 1.54) is 24.3 Å². The van der Waals surface area contributed by atoms with Crippen LogP contribution in [0, 0.1) is 0 Å². The van der Waals surface area contributed by atoms with Gasteiger partial charge in [-0.05, 0) is 30.7 Å². The average Bonchev–Trinajstić information content (AvgIpc) is 2.26. The van der Waals surface area contributed by atoms with Crippen molar-refractivity contribution in [3.05, 3.63) is 29.8 Å². The van der Waals surface area contributed by atoms with E-state index >= 15 is 0 Å². The minimum Gasteiger partial charge on any atom is -0.462 e. The molecule has 1 aromatic rings. The van der Waals surface area contributed by atoms with Crippen LogP contribution in [0.2, 0.25) is 0 Å². The maximum absolute atomic E-state index is 11.8. The molecule has 1 rings (SSSR count). The summed E-state index contributed by atoms with van der Waals surface area (Å²) in [5.41, 5.74) is 0.315. The molecule has 0 atom stereocenters. The molecule has 0 spiro atoms. The number of esters is 1. The van der Waals surface area contributed by atoms with E-state index in [9.17, 15) is 13.6 Å². The highest BCUT2D eigenvalue weighted by Crippen LogP contribution is 2.15. The number of rotatable bonds is 5. The van der Waals surface area contributed by atoms with Crippen LogP contribution in [0.1, 0.15) is 23.7 Å². The summed E-state index contributed by atoms with van der Waals surface area (Å²) in [5.74, 6) is -0.451. The molecule has 0 unspecified atom stereocenters. The molecule has 0 aromatic heterocycles. The molecule has 5 heteroatoms. The standard InChI is InChI=1S/C11H12F2O3/c1-2-7-15-10(14)8-3-5-9(6-4-8)16-11(12)13/h3-6,11H,2,7H2,1H3. The molecule has 1 aromatic carbocycles. The minimum absolute atomic E-state index is 0.0158. The predicted octanol–water partition coefficient (Wildman–Crippen LogP) is 2.85. The van der Waals surface area contributed by atoms with Crippen LogP contribution in [-0.4, -0.2) is 19.2 Å². The first-order chi connectivity index (χ1) is 7.63. The van der Waals surface area contributed by atoms with Crippen molar-refractivity contribution in [2.24, 2.45) is 0 Å². The minimum atomic E-state index is -2.86. The van der Waals surface area contributed by atoms with Gasteiger partial charge in [-0.3, -0.25) is 0 Å². The lowest BCUT2D eigenvalue weighted by Gasteiger charge is -2.05. The van der Waals surface area contributed by atoms with Gasteiger partial charge in [0.1, 0.15) is 5.75 Å². The van der Waals surface area contributed by atoms with E-state index in [2.05, 4.69) is 4.74 Å². The van der Waals surface area contributed by atoms with Crippen molar-refractivity contribution >= 4 is 5.97 Å². The van der Waals surface area contributed by atoms with Gasteiger partial charge in [-0.1, -0.05) is 6.92 Å².